The number of nitrogens with zero attached hydrogens (tertiary/aromatic N) is 3. The number of fused-ring (bicyclic) bond motifs is 1. The van der Waals surface area contributed by atoms with Gasteiger partial charge in [0.05, 0.1) is 23.2 Å². The summed E-state index contributed by atoms with van der Waals surface area (Å²) >= 11 is 14.7. The van der Waals surface area contributed by atoms with E-state index in [1.165, 1.54) is 5.56 Å². The Bertz CT molecular complexity index is 1160. The van der Waals surface area contributed by atoms with Crippen molar-refractivity contribution in [2.75, 3.05) is 4.90 Å². The van der Waals surface area contributed by atoms with Crippen LogP contribution >= 0.6 is 45.8 Å². The maximum atomic E-state index is 13.3. The van der Waals surface area contributed by atoms with Crippen LogP contribution < -0.4 is 4.90 Å². The smallest absolute Gasteiger partial charge is 0.232 e. The Morgan fingerprint density at radius 2 is 1.93 bits per heavy atom. The number of anilines is 1. The number of benzene rings is 2. The number of rotatable bonds is 5. The molecule has 0 N–H and O–H groups in total. The first-order valence-electron chi connectivity index (χ1n) is 9.51. The summed E-state index contributed by atoms with van der Waals surface area (Å²) in [6.45, 7) is 2.03. The van der Waals surface area contributed by atoms with E-state index in [1.54, 1.807) is 11.1 Å². The van der Waals surface area contributed by atoms with Gasteiger partial charge in [0.2, 0.25) is 10.2 Å². The minimum absolute atomic E-state index is 0.00388. The number of pyridine rings is 1. The van der Waals surface area contributed by atoms with Gasteiger partial charge in [-0.1, -0.05) is 59.1 Å². The minimum atomic E-state index is -1.57. The molecule has 30 heavy (non-hydrogen) atoms. The van der Waals surface area contributed by atoms with E-state index in [1.807, 2.05) is 61.5 Å². The predicted molar refractivity (Wildman–Crippen MR) is 129 cm³/mol. The highest BCUT2D eigenvalue weighted by atomic mass is 127. The SMILES string of the molecule is Cc1ccc(CC2C(=O)N(c3ccc(I)c4cccnc34)C2CC(Cl)(Cl)C#N)cc1. The number of alkyl halides is 2. The molecule has 2 aromatic carbocycles. The number of amides is 1. The predicted octanol–water partition coefficient (Wildman–Crippen LogP) is 5.81. The number of carbonyl (C=O) groups excluding carboxylic acids is 1. The molecule has 1 amide bonds. The van der Waals surface area contributed by atoms with Crippen LogP contribution in [-0.4, -0.2) is 21.3 Å². The fourth-order valence-corrected chi connectivity index (χ4v) is 4.89. The number of hydrogen-bond donors (Lipinski definition) is 0. The third-order valence-electron chi connectivity index (χ3n) is 5.51. The molecule has 1 saturated heterocycles. The van der Waals surface area contributed by atoms with E-state index in [2.05, 4.69) is 27.6 Å². The first kappa shape index (κ1) is 21.4. The van der Waals surface area contributed by atoms with Gasteiger partial charge < -0.3 is 4.90 Å². The number of aryl methyl sites for hydroxylation is 1. The fourth-order valence-electron chi connectivity index (χ4n) is 3.96. The average Bonchev–Trinajstić information content (AvgIpc) is 2.75. The summed E-state index contributed by atoms with van der Waals surface area (Å²) in [5.74, 6) is -0.299. The summed E-state index contributed by atoms with van der Waals surface area (Å²) in [6, 6.07) is 17.5. The van der Waals surface area contributed by atoms with Crippen LogP contribution in [0.4, 0.5) is 5.69 Å². The molecular weight excluding hydrogens is 532 g/mol. The molecule has 2 atom stereocenters. The highest BCUT2D eigenvalue weighted by molar-refractivity contribution is 14.1. The summed E-state index contributed by atoms with van der Waals surface area (Å²) < 4.78 is -0.511. The molecule has 0 bridgehead atoms. The van der Waals surface area contributed by atoms with Gasteiger partial charge in [-0.25, -0.2) is 0 Å². The van der Waals surface area contributed by atoms with Gasteiger partial charge in [-0.05, 0) is 59.7 Å². The van der Waals surface area contributed by atoms with Crippen LogP contribution in [0.25, 0.3) is 10.9 Å². The van der Waals surface area contributed by atoms with Gasteiger partial charge in [-0.15, -0.1) is 0 Å². The van der Waals surface area contributed by atoms with E-state index in [9.17, 15) is 10.1 Å². The molecule has 0 radical (unpaired) electrons. The number of nitriles is 1. The standard InChI is InChI=1S/C23H18Cl2IN3O/c1-14-4-6-15(7-5-14)11-17-20(12-23(24,25)13-27)29(22(17)30)19-9-8-18(26)16-3-2-10-28-21(16)19/h2-10,17,20H,11-12H2,1H3. The van der Waals surface area contributed by atoms with Gasteiger partial charge in [0, 0.05) is 21.6 Å². The average molecular weight is 550 g/mol. The molecule has 4 rings (SSSR count). The van der Waals surface area contributed by atoms with Crippen LogP contribution in [0.5, 0.6) is 0 Å². The molecule has 1 fully saturated rings. The van der Waals surface area contributed by atoms with Crippen molar-refractivity contribution >= 4 is 68.3 Å². The summed E-state index contributed by atoms with van der Waals surface area (Å²) in [7, 11) is 0. The lowest BCUT2D eigenvalue weighted by Gasteiger charge is -2.48. The van der Waals surface area contributed by atoms with Gasteiger partial charge in [-0.3, -0.25) is 9.78 Å². The molecular formula is C23H18Cl2IN3O. The monoisotopic (exact) mass is 549 g/mol. The highest BCUT2D eigenvalue weighted by Crippen LogP contribution is 2.43. The van der Waals surface area contributed by atoms with Crippen molar-refractivity contribution in [3.63, 3.8) is 0 Å². The number of β-lactam (4-membered cyclic amide) rings is 1. The van der Waals surface area contributed by atoms with Gasteiger partial charge in [-0.2, -0.15) is 5.26 Å². The van der Waals surface area contributed by atoms with Crippen molar-refractivity contribution < 1.29 is 4.79 Å². The second-order valence-corrected chi connectivity index (χ2v) is 10.2. The fraction of sp³-hybridized carbons (Fsp3) is 0.261. The highest BCUT2D eigenvalue weighted by Gasteiger charge is 2.51. The first-order valence-corrected chi connectivity index (χ1v) is 11.3. The van der Waals surface area contributed by atoms with Crippen LogP contribution in [-0.2, 0) is 11.2 Å². The van der Waals surface area contributed by atoms with Crippen molar-refractivity contribution in [2.45, 2.75) is 30.1 Å². The molecule has 4 nitrogen and oxygen atoms in total. The van der Waals surface area contributed by atoms with Gasteiger partial charge in [0.25, 0.3) is 0 Å². The largest absolute Gasteiger partial charge is 0.306 e. The van der Waals surface area contributed by atoms with E-state index in [4.69, 9.17) is 23.2 Å². The zero-order valence-electron chi connectivity index (χ0n) is 16.1. The lowest BCUT2D eigenvalue weighted by atomic mass is 9.79. The first-order chi connectivity index (χ1) is 14.3. The molecule has 152 valence electrons. The topological polar surface area (TPSA) is 57.0 Å². The lowest BCUT2D eigenvalue weighted by molar-refractivity contribution is -0.130. The second kappa shape index (κ2) is 8.33. The van der Waals surface area contributed by atoms with Crippen molar-refractivity contribution in [1.29, 1.82) is 5.26 Å². The van der Waals surface area contributed by atoms with E-state index >= 15 is 0 Å². The Hall–Kier alpha value is -1.88. The van der Waals surface area contributed by atoms with Crippen LogP contribution in [0.15, 0.2) is 54.7 Å². The molecule has 1 aliphatic rings. The summed E-state index contributed by atoms with van der Waals surface area (Å²) in [4.78, 5) is 19.5. The maximum absolute atomic E-state index is 13.3. The zero-order chi connectivity index (χ0) is 21.5. The van der Waals surface area contributed by atoms with Crippen molar-refractivity contribution in [1.82, 2.24) is 4.98 Å². The molecule has 1 aromatic heterocycles. The minimum Gasteiger partial charge on any atom is -0.306 e. The Labute approximate surface area is 198 Å². The summed E-state index contributed by atoms with van der Waals surface area (Å²) in [5.41, 5.74) is 3.71. The Morgan fingerprint density at radius 1 is 1.20 bits per heavy atom. The summed E-state index contributed by atoms with van der Waals surface area (Å²) in [5, 5.41) is 10.3. The number of carbonyl (C=O) groups is 1. The van der Waals surface area contributed by atoms with Crippen molar-refractivity contribution in [3.8, 4) is 6.07 Å². The lowest BCUT2D eigenvalue weighted by Crippen LogP contribution is -2.63. The van der Waals surface area contributed by atoms with Crippen molar-refractivity contribution in [2.24, 2.45) is 5.92 Å². The molecule has 0 spiro atoms. The third-order valence-corrected chi connectivity index (χ3v) is 6.93. The third kappa shape index (κ3) is 4.01. The van der Waals surface area contributed by atoms with Crippen LogP contribution in [0.1, 0.15) is 17.5 Å². The zero-order valence-corrected chi connectivity index (χ0v) is 19.8. The van der Waals surface area contributed by atoms with E-state index < -0.39 is 4.33 Å². The van der Waals surface area contributed by atoms with Gasteiger partial charge in [0.15, 0.2) is 0 Å². The van der Waals surface area contributed by atoms with Crippen LogP contribution in [0.2, 0.25) is 0 Å². The molecule has 1 aliphatic heterocycles. The number of halogens is 3. The van der Waals surface area contributed by atoms with Crippen molar-refractivity contribution in [3.05, 3.63) is 69.4 Å². The molecule has 3 aromatic rings. The second-order valence-electron chi connectivity index (χ2n) is 7.56. The Kier molecular flexibility index (Phi) is 5.93. The molecule has 2 heterocycles. The van der Waals surface area contributed by atoms with Crippen LogP contribution in [0, 0.1) is 27.7 Å². The normalized spacial score (nSPS) is 18.9. The van der Waals surface area contributed by atoms with Gasteiger partial charge >= 0.3 is 0 Å². The Morgan fingerprint density at radius 3 is 2.63 bits per heavy atom. The van der Waals surface area contributed by atoms with Crippen LogP contribution in [0.3, 0.4) is 0 Å². The van der Waals surface area contributed by atoms with E-state index in [-0.39, 0.29) is 24.3 Å². The molecule has 7 heteroatoms. The molecule has 0 saturated carbocycles. The summed E-state index contributed by atoms with van der Waals surface area (Å²) in [6.07, 6.45) is 2.45. The number of aromatic nitrogens is 1. The van der Waals surface area contributed by atoms with E-state index in [0.29, 0.717) is 6.42 Å². The Balaban J connectivity index is 1.72. The van der Waals surface area contributed by atoms with Gasteiger partial charge in [0.1, 0.15) is 6.07 Å². The molecule has 2 unspecified atom stereocenters. The van der Waals surface area contributed by atoms with E-state index in [0.717, 1.165) is 25.7 Å². The quantitative estimate of drug-likeness (QED) is 0.229. The number of hydrogen-bond acceptors (Lipinski definition) is 3. The maximum Gasteiger partial charge on any atom is 0.232 e. The molecule has 0 aliphatic carbocycles.